The van der Waals surface area contributed by atoms with Crippen molar-refractivity contribution in [3.63, 3.8) is 0 Å². The van der Waals surface area contributed by atoms with Crippen molar-refractivity contribution in [3.05, 3.63) is 39.1 Å². The van der Waals surface area contributed by atoms with Gasteiger partial charge in [-0.05, 0) is 41.6 Å². The van der Waals surface area contributed by atoms with E-state index in [4.69, 9.17) is 0 Å². The molecule has 0 atom stereocenters. The van der Waals surface area contributed by atoms with E-state index in [1.807, 2.05) is 52.9 Å². The van der Waals surface area contributed by atoms with Crippen LogP contribution in [0.1, 0.15) is 6.92 Å². The number of hydrogen-bond acceptors (Lipinski definition) is 1. The molecule has 12 heavy (non-hydrogen) atoms. The summed E-state index contributed by atoms with van der Waals surface area (Å²) in [5.41, 5.74) is 0. The molecule has 1 rings (SSSR count). The number of allylic oxidation sites excluding steroid dienone is 1. The van der Waals surface area contributed by atoms with Crippen molar-refractivity contribution in [2.75, 3.05) is 0 Å². The zero-order chi connectivity index (χ0) is 8.97. The Kier molecular flexibility index (Phi) is 4.08. The summed E-state index contributed by atoms with van der Waals surface area (Å²) < 4.78 is 13.7. The molecule has 0 saturated heterocycles. The summed E-state index contributed by atoms with van der Waals surface area (Å²) in [4.78, 5) is 0.936. The Bertz CT molecular complexity index is 278. The van der Waals surface area contributed by atoms with E-state index in [1.54, 1.807) is 6.92 Å². The fourth-order valence-corrected chi connectivity index (χ4v) is 1.63. The molecule has 0 amide bonds. The minimum absolute atomic E-state index is 0.123. The van der Waals surface area contributed by atoms with Crippen LogP contribution < -0.4 is 0 Å². The molecule has 0 aliphatic rings. The second-order valence-corrected chi connectivity index (χ2v) is 4.87. The van der Waals surface area contributed by atoms with E-state index >= 15 is 0 Å². The summed E-state index contributed by atoms with van der Waals surface area (Å²) in [6, 6.07) is 9.51. The molecule has 0 nitrogen and oxygen atoms in total. The second-order valence-electron chi connectivity index (χ2n) is 2.22. The maximum Gasteiger partial charge on any atom is 0.170 e. The molecule has 0 spiro atoms. The average Bonchev–Trinajstić information content (AvgIpc) is 2.06. The summed E-state index contributed by atoms with van der Waals surface area (Å²) in [6.45, 7) is 1.76. The molecule has 0 unspecified atom stereocenters. The normalized spacial score (nSPS) is 12.6. The Balaban J connectivity index is 2.72. The molecule has 0 aliphatic heterocycles. The van der Waals surface area contributed by atoms with Crippen molar-refractivity contribution in [1.29, 1.82) is 0 Å². The van der Waals surface area contributed by atoms with Gasteiger partial charge in [0.15, 0.2) is 5.16 Å². The highest BCUT2D eigenvalue weighted by molar-refractivity contribution is 14.1. The van der Waals surface area contributed by atoms with Gasteiger partial charge in [-0.15, -0.1) is 0 Å². The van der Waals surface area contributed by atoms with Crippen LogP contribution in [0.25, 0.3) is 0 Å². The topological polar surface area (TPSA) is 0 Å². The van der Waals surface area contributed by atoms with E-state index in [0.717, 1.165) is 16.7 Å². The van der Waals surface area contributed by atoms with Crippen molar-refractivity contribution >= 4 is 34.4 Å². The van der Waals surface area contributed by atoms with E-state index < -0.39 is 0 Å². The lowest BCUT2D eigenvalue weighted by molar-refractivity contribution is 0.696. The summed E-state index contributed by atoms with van der Waals surface area (Å²) in [5.74, 6) is 0. The van der Waals surface area contributed by atoms with E-state index in [2.05, 4.69) is 0 Å². The molecule has 0 saturated carbocycles. The van der Waals surface area contributed by atoms with E-state index in [9.17, 15) is 4.39 Å². The number of benzene rings is 1. The summed E-state index contributed by atoms with van der Waals surface area (Å²) in [5, 5.41) is -0.123. The highest BCUT2D eigenvalue weighted by Gasteiger charge is 2.00. The predicted molar refractivity (Wildman–Crippen MR) is 60.1 cm³/mol. The fourth-order valence-electron chi connectivity index (χ4n) is 0.662. The first-order valence-electron chi connectivity index (χ1n) is 3.45. The highest BCUT2D eigenvalue weighted by atomic mass is 127. The fraction of sp³-hybridized carbons (Fsp3) is 0.111. The van der Waals surface area contributed by atoms with Crippen LogP contribution in [0.5, 0.6) is 0 Å². The molecule has 0 heterocycles. The molecule has 64 valence electrons. The molecular weight excluding hydrogens is 286 g/mol. The SMILES string of the molecule is C/C(I)=C(/F)Sc1ccccc1. The summed E-state index contributed by atoms with van der Waals surface area (Å²) in [7, 11) is 0. The number of rotatable bonds is 2. The van der Waals surface area contributed by atoms with Gasteiger partial charge in [-0.2, -0.15) is 4.39 Å². The predicted octanol–water partition coefficient (Wildman–Crippen LogP) is 4.37. The van der Waals surface area contributed by atoms with E-state index in [-0.39, 0.29) is 5.16 Å². The third-order valence-electron chi connectivity index (χ3n) is 1.22. The van der Waals surface area contributed by atoms with Crippen LogP contribution in [-0.4, -0.2) is 0 Å². The van der Waals surface area contributed by atoms with E-state index in [1.165, 1.54) is 0 Å². The first kappa shape index (κ1) is 10.1. The molecule has 0 bridgehead atoms. The maximum absolute atomic E-state index is 13.0. The molecule has 1 aromatic carbocycles. The van der Waals surface area contributed by atoms with Crippen molar-refractivity contribution in [2.24, 2.45) is 0 Å². The minimum atomic E-state index is -0.123. The molecule has 0 radical (unpaired) electrons. The molecule has 3 heteroatoms. The van der Waals surface area contributed by atoms with Gasteiger partial charge < -0.3 is 0 Å². The Labute approximate surface area is 89.4 Å². The molecule has 0 fully saturated rings. The second kappa shape index (κ2) is 4.87. The Morgan fingerprint density at radius 1 is 1.33 bits per heavy atom. The van der Waals surface area contributed by atoms with Gasteiger partial charge in [0.05, 0.1) is 0 Å². The lowest BCUT2D eigenvalue weighted by atomic mass is 10.4. The van der Waals surface area contributed by atoms with Crippen molar-refractivity contribution in [1.82, 2.24) is 0 Å². The monoisotopic (exact) mass is 294 g/mol. The van der Waals surface area contributed by atoms with Crippen LogP contribution in [-0.2, 0) is 0 Å². The van der Waals surface area contributed by atoms with Gasteiger partial charge in [-0.3, -0.25) is 0 Å². The van der Waals surface area contributed by atoms with Crippen LogP contribution >= 0.6 is 34.4 Å². The molecule has 0 aliphatic carbocycles. The quantitative estimate of drug-likeness (QED) is 0.576. The van der Waals surface area contributed by atoms with Gasteiger partial charge in [0.1, 0.15) is 0 Å². The minimum Gasteiger partial charge on any atom is -0.198 e. The summed E-state index contributed by atoms with van der Waals surface area (Å²) in [6.07, 6.45) is 0. The van der Waals surface area contributed by atoms with Gasteiger partial charge in [0.2, 0.25) is 0 Å². The largest absolute Gasteiger partial charge is 0.198 e. The van der Waals surface area contributed by atoms with Crippen LogP contribution in [0.4, 0.5) is 4.39 Å². The molecular formula is C9H8FIS. The average molecular weight is 294 g/mol. The Hall–Kier alpha value is -0.0300. The van der Waals surface area contributed by atoms with Crippen LogP contribution in [0.15, 0.2) is 44.0 Å². The maximum atomic E-state index is 13.0. The summed E-state index contributed by atoms with van der Waals surface area (Å²) >= 11 is 3.14. The van der Waals surface area contributed by atoms with Crippen molar-refractivity contribution < 1.29 is 4.39 Å². The smallest absolute Gasteiger partial charge is 0.170 e. The van der Waals surface area contributed by atoms with Crippen LogP contribution in [0.3, 0.4) is 0 Å². The highest BCUT2D eigenvalue weighted by Crippen LogP contribution is 2.31. The zero-order valence-corrected chi connectivity index (χ0v) is 9.52. The third-order valence-corrected chi connectivity index (χ3v) is 3.05. The Morgan fingerprint density at radius 3 is 2.42 bits per heavy atom. The lowest BCUT2D eigenvalue weighted by Crippen LogP contribution is -1.70. The zero-order valence-electron chi connectivity index (χ0n) is 6.55. The van der Waals surface area contributed by atoms with Crippen molar-refractivity contribution in [2.45, 2.75) is 11.8 Å². The first-order chi connectivity index (χ1) is 5.70. The van der Waals surface area contributed by atoms with Gasteiger partial charge in [0.25, 0.3) is 0 Å². The standard InChI is InChI=1S/C9H8FIS/c1-7(11)9(10)12-8-5-3-2-4-6-8/h2-6H,1H3/b9-7+. The first-order valence-corrected chi connectivity index (χ1v) is 5.34. The Morgan fingerprint density at radius 2 is 1.92 bits per heavy atom. The van der Waals surface area contributed by atoms with Crippen LogP contribution in [0.2, 0.25) is 0 Å². The third kappa shape index (κ3) is 3.15. The van der Waals surface area contributed by atoms with Gasteiger partial charge in [-0.1, -0.05) is 30.0 Å². The lowest BCUT2D eigenvalue weighted by Gasteiger charge is -1.97. The molecule has 1 aromatic rings. The number of hydrogen-bond donors (Lipinski definition) is 0. The van der Waals surface area contributed by atoms with E-state index in [0.29, 0.717) is 3.58 Å². The molecule has 0 aromatic heterocycles. The van der Waals surface area contributed by atoms with Gasteiger partial charge in [0, 0.05) is 8.48 Å². The number of halogens is 2. The number of thioether (sulfide) groups is 1. The molecule has 0 N–H and O–H groups in total. The van der Waals surface area contributed by atoms with Gasteiger partial charge >= 0.3 is 0 Å². The van der Waals surface area contributed by atoms with Gasteiger partial charge in [-0.25, -0.2) is 0 Å². The van der Waals surface area contributed by atoms with Crippen LogP contribution in [0, 0.1) is 0 Å². The van der Waals surface area contributed by atoms with Crippen molar-refractivity contribution in [3.8, 4) is 0 Å².